The first-order valence-corrected chi connectivity index (χ1v) is 16.6. The first-order chi connectivity index (χ1) is 22.2. The van der Waals surface area contributed by atoms with E-state index in [-0.39, 0.29) is 16.7 Å². The Morgan fingerprint density at radius 1 is 0.587 bits per heavy atom. The molecule has 0 aliphatic heterocycles. The Hall–Kier alpha value is -4.94. The highest BCUT2D eigenvalue weighted by molar-refractivity contribution is 6.02. The normalized spacial score (nSPS) is 17.2. The van der Waals surface area contributed by atoms with Gasteiger partial charge in [-0.25, -0.2) is 0 Å². The summed E-state index contributed by atoms with van der Waals surface area (Å²) in [4.78, 5) is 0. The molecular weight excluding hydrogens is 553 g/mol. The van der Waals surface area contributed by atoms with Gasteiger partial charge in [0, 0.05) is 11.3 Å². The first kappa shape index (κ1) is 27.4. The summed E-state index contributed by atoms with van der Waals surface area (Å²) >= 11 is 0. The zero-order chi connectivity index (χ0) is 31.4. The van der Waals surface area contributed by atoms with Crippen LogP contribution in [-0.4, -0.2) is 0 Å². The van der Waals surface area contributed by atoms with Crippen LogP contribution >= 0.6 is 0 Å². The predicted octanol–water partition coefficient (Wildman–Crippen LogP) is 12.4. The molecule has 3 aliphatic rings. The molecule has 0 saturated heterocycles. The minimum absolute atomic E-state index is 0.00109. The first-order valence-electron chi connectivity index (χ1n) is 16.6. The summed E-state index contributed by atoms with van der Waals surface area (Å²) in [5.41, 5.74) is 16.3. The molecule has 0 radical (unpaired) electrons. The van der Waals surface area contributed by atoms with E-state index in [0.717, 1.165) is 0 Å². The highest BCUT2D eigenvalue weighted by Crippen LogP contribution is 2.50. The third kappa shape index (κ3) is 3.99. The van der Waals surface area contributed by atoms with Crippen LogP contribution in [0.2, 0.25) is 0 Å². The van der Waals surface area contributed by atoms with E-state index >= 15 is 0 Å². The van der Waals surface area contributed by atoms with Crippen LogP contribution in [0.3, 0.4) is 0 Å². The van der Waals surface area contributed by atoms with Crippen LogP contribution in [0.4, 0.5) is 0 Å². The van der Waals surface area contributed by atoms with Crippen LogP contribution < -0.4 is 0 Å². The molecular formula is C46H38. The maximum Gasteiger partial charge on any atom is 0.0217 e. The van der Waals surface area contributed by atoms with Gasteiger partial charge >= 0.3 is 0 Å². The number of hydrogen-bond acceptors (Lipinski definition) is 0. The van der Waals surface area contributed by atoms with Crippen LogP contribution in [-0.2, 0) is 10.8 Å². The Balaban J connectivity index is 1.11. The fourth-order valence-corrected chi connectivity index (χ4v) is 8.23. The second kappa shape index (κ2) is 9.54. The summed E-state index contributed by atoms with van der Waals surface area (Å²) in [6, 6.07) is 39.4. The average molecular weight is 591 g/mol. The van der Waals surface area contributed by atoms with E-state index in [1.54, 1.807) is 0 Å². The molecule has 0 fully saturated rings. The van der Waals surface area contributed by atoms with Gasteiger partial charge < -0.3 is 0 Å². The number of fused-ring (bicyclic) bond motifs is 4. The molecule has 0 nitrogen and oxygen atoms in total. The maximum atomic E-state index is 2.42. The molecule has 0 N–H and O–H groups in total. The van der Waals surface area contributed by atoms with Crippen molar-refractivity contribution >= 4 is 33.2 Å². The lowest BCUT2D eigenvalue weighted by molar-refractivity contribution is 0.591. The quantitative estimate of drug-likeness (QED) is 0.188. The Labute approximate surface area is 272 Å². The monoisotopic (exact) mass is 590 g/mol. The van der Waals surface area contributed by atoms with E-state index in [0.29, 0.717) is 0 Å². The Bertz CT molecular complexity index is 2360. The molecule has 0 spiro atoms. The SMILES string of the molecule is CC(C)(C)c1cc2c3c4c(ccc3c1)C(c1ccc3cc(-c5ccc6c(c5)C(C)(C)c5ccccc5-6)ccc3c1)=CC=CC4C=C2. The Morgan fingerprint density at radius 2 is 1.26 bits per heavy atom. The molecule has 222 valence electrons. The van der Waals surface area contributed by atoms with Crippen molar-refractivity contribution in [2.45, 2.75) is 51.4 Å². The zero-order valence-corrected chi connectivity index (χ0v) is 27.3. The highest BCUT2D eigenvalue weighted by atomic mass is 14.4. The average Bonchev–Trinajstić information content (AvgIpc) is 3.16. The van der Waals surface area contributed by atoms with Crippen molar-refractivity contribution in [2.75, 3.05) is 0 Å². The van der Waals surface area contributed by atoms with Gasteiger partial charge in [-0.3, -0.25) is 0 Å². The van der Waals surface area contributed by atoms with Gasteiger partial charge in [-0.1, -0.05) is 150 Å². The summed E-state index contributed by atoms with van der Waals surface area (Å²) in [6.07, 6.45) is 11.6. The van der Waals surface area contributed by atoms with Gasteiger partial charge in [-0.05, 0) is 112 Å². The Kier molecular flexibility index (Phi) is 5.68. The summed E-state index contributed by atoms with van der Waals surface area (Å²) in [5.74, 6) is 0.286. The Morgan fingerprint density at radius 3 is 2.09 bits per heavy atom. The van der Waals surface area contributed by atoms with E-state index in [1.807, 2.05) is 0 Å². The van der Waals surface area contributed by atoms with Crippen LogP contribution in [0.25, 0.3) is 55.4 Å². The van der Waals surface area contributed by atoms with Gasteiger partial charge in [-0.2, -0.15) is 0 Å². The van der Waals surface area contributed by atoms with E-state index in [4.69, 9.17) is 0 Å². The van der Waals surface area contributed by atoms with Crippen LogP contribution in [0.15, 0.2) is 127 Å². The molecule has 0 aromatic heterocycles. The highest BCUT2D eigenvalue weighted by Gasteiger charge is 2.35. The summed E-state index contributed by atoms with van der Waals surface area (Å²) in [5, 5.41) is 5.29. The molecule has 0 heterocycles. The molecule has 3 aliphatic carbocycles. The van der Waals surface area contributed by atoms with E-state index in [9.17, 15) is 0 Å². The molecule has 0 heteroatoms. The summed E-state index contributed by atoms with van der Waals surface area (Å²) in [6.45, 7) is 11.6. The van der Waals surface area contributed by atoms with E-state index in [1.165, 1.54) is 88.3 Å². The lowest BCUT2D eigenvalue weighted by atomic mass is 9.77. The van der Waals surface area contributed by atoms with Gasteiger partial charge in [0.15, 0.2) is 0 Å². The molecule has 6 aromatic carbocycles. The minimum atomic E-state index is 0.00109. The number of hydrogen-bond donors (Lipinski definition) is 0. The molecule has 0 amide bonds. The van der Waals surface area contributed by atoms with Gasteiger partial charge in [0.1, 0.15) is 0 Å². The van der Waals surface area contributed by atoms with Crippen LogP contribution in [0.1, 0.15) is 79.5 Å². The number of rotatable bonds is 2. The van der Waals surface area contributed by atoms with Gasteiger partial charge in [0.25, 0.3) is 0 Å². The smallest absolute Gasteiger partial charge is 0.0217 e. The second-order valence-corrected chi connectivity index (χ2v) is 15.0. The molecule has 1 atom stereocenters. The van der Waals surface area contributed by atoms with Gasteiger partial charge in [-0.15, -0.1) is 0 Å². The summed E-state index contributed by atoms with van der Waals surface area (Å²) in [7, 11) is 0. The molecule has 0 saturated carbocycles. The van der Waals surface area contributed by atoms with Crippen molar-refractivity contribution in [1.82, 2.24) is 0 Å². The van der Waals surface area contributed by atoms with Crippen molar-refractivity contribution in [3.8, 4) is 22.3 Å². The number of benzene rings is 6. The van der Waals surface area contributed by atoms with Crippen molar-refractivity contribution in [2.24, 2.45) is 0 Å². The van der Waals surface area contributed by atoms with Gasteiger partial charge in [0.2, 0.25) is 0 Å². The largest absolute Gasteiger partial charge is 0.0732 e. The third-order valence-electron chi connectivity index (χ3n) is 10.8. The lowest BCUT2D eigenvalue weighted by Gasteiger charge is -2.26. The minimum Gasteiger partial charge on any atom is -0.0732 e. The lowest BCUT2D eigenvalue weighted by Crippen LogP contribution is -2.14. The molecule has 9 rings (SSSR count). The van der Waals surface area contributed by atoms with Crippen molar-refractivity contribution in [1.29, 1.82) is 0 Å². The predicted molar refractivity (Wildman–Crippen MR) is 198 cm³/mol. The number of allylic oxidation sites excluding steroid dienone is 4. The maximum absolute atomic E-state index is 2.42. The fourth-order valence-electron chi connectivity index (χ4n) is 8.23. The molecule has 46 heavy (non-hydrogen) atoms. The van der Waals surface area contributed by atoms with Crippen LogP contribution in [0, 0.1) is 0 Å². The van der Waals surface area contributed by atoms with E-state index < -0.39 is 0 Å². The van der Waals surface area contributed by atoms with Crippen LogP contribution in [0.5, 0.6) is 0 Å². The molecule has 1 unspecified atom stereocenters. The van der Waals surface area contributed by atoms with Crippen molar-refractivity contribution < 1.29 is 0 Å². The third-order valence-corrected chi connectivity index (χ3v) is 10.8. The molecule has 6 aromatic rings. The van der Waals surface area contributed by atoms with E-state index in [2.05, 4.69) is 168 Å². The fraction of sp³-hybridized carbons (Fsp3) is 0.174. The standard InChI is InChI=1S/C46H38/c1-45(2,3)36-25-34-18-13-28-9-8-11-37(40-22-20-35(26-36)43(34)44(28)40)33-17-16-29-23-30(14-15-31(29)24-33)32-19-21-39-38-10-6-7-12-41(38)46(4,5)42(39)27-32/h6-28H,1-5H3. The van der Waals surface area contributed by atoms with Gasteiger partial charge in [0.05, 0.1) is 0 Å². The van der Waals surface area contributed by atoms with Crippen molar-refractivity contribution in [3.05, 3.63) is 166 Å². The summed E-state index contributed by atoms with van der Waals surface area (Å²) < 4.78 is 0. The topological polar surface area (TPSA) is 0 Å². The van der Waals surface area contributed by atoms with Crippen molar-refractivity contribution in [3.63, 3.8) is 0 Å². The zero-order valence-electron chi connectivity index (χ0n) is 27.3. The second-order valence-electron chi connectivity index (χ2n) is 15.0. The molecule has 0 bridgehead atoms.